The number of nitrogens with one attached hydrogen (secondary N) is 1. The van der Waals surface area contributed by atoms with Crippen LogP contribution in [0, 0.1) is 11.3 Å². The largest absolute Gasteiger partial charge is 0.339 e. The van der Waals surface area contributed by atoms with Gasteiger partial charge in [0.15, 0.2) is 5.82 Å². The fraction of sp³-hybridized carbons (Fsp3) is 0.867. The normalized spacial score (nSPS) is 22.7. The molecule has 2 atom stereocenters. The quantitative estimate of drug-likeness (QED) is 0.823. The van der Waals surface area contributed by atoms with Gasteiger partial charge in [-0.3, -0.25) is 0 Å². The Kier molecular flexibility index (Phi) is 4.29. The average molecular weight is 265 g/mol. The summed E-state index contributed by atoms with van der Waals surface area (Å²) in [5.74, 6) is 2.85. The molecule has 2 rings (SSSR count). The zero-order valence-corrected chi connectivity index (χ0v) is 12.9. The zero-order chi connectivity index (χ0) is 14.0. The SMILES string of the molecule is CCNC(Cc1nc(C2CC2(C)C)no1)CC(C)C. The number of likely N-dealkylation sites (N-methyl/N-ethyl adjacent to an activating group) is 1. The first-order valence-corrected chi connectivity index (χ1v) is 7.48. The molecule has 0 bridgehead atoms. The number of hydrogen-bond donors (Lipinski definition) is 1. The van der Waals surface area contributed by atoms with E-state index in [1.165, 1.54) is 6.42 Å². The second-order valence-electron chi connectivity index (χ2n) is 6.88. The second-order valence-corrected chi connectivity index (χ2v) is 6.88. The van der Waals surface area contributed by atoms with Gasteiger partial charge < -0.3 is 9.84 Å². The summed E-state index contributed by atoms with van der Waals surface area (Å²) < 4.78 is 5.42. The molecular weight excluding hydrogens is 238 g/mol. The van der Waals surface area contributed by atoms with Gasteiger partial charge in [0.1, 0.15) is 0 Å². The van der Waals surface area contributed by atoms with Crippen LogP contribution in [0.25, 0.3) is 0 Å². The van der Waals surface area contributed by atoms with Gasteiger partial charge in [-0.25, -0.2) is 0 Å². The molecule has 19 heavy (non-hydrogen) atoms. The molecule has 1 aromatic rings. The Hall–Kier alpha value is -0.900. The Morgan fingerprint density at radius 1 is 1.42 bits per heavy atom. The molecule has 0 aliphatic heterocycles. The average Bonchev–Trinajstić information content (AvgIpc) is 2.72. The minimum atomic E-state index is 0.361. The van der Waals surface area contributed by atoms with Gasteiger partial charge in [0.25, 0.3) is 0 Å². The van der Waals surface area contributed by atoms with Gasteiger partial charge in [0.05, 0.1) is 0 Å². The molecule has 1 heterocycles. The van der Waals surface area contributed by atoms with Crippen molar-refractivity contribution in [1.29, 1.82) is 0 Å². The molecule has 0 aromatic carbocycles. The summed E-state index contributed by atoms with van der Waals surface area (Å²) in [5.41, 5.74) is 0.361. The van der Waals surface area contributed by atoms with Crippen LogP contribution in [-0.2, 0) is 6.42 Å². The Balaban J connectivity index is 1.94. The molecule has 1 saturated carbocycles. The molecule has 4 heteroatoms. The van der Waals surface area contributed by atoms with E-state index in [4.69, 9.17) is 4.52 Å². The van der Waals surface area contributed by atoms with Crippen LogP contribution < -0.4 is 5.32 Å². The molecule has 108 valence electrons. The van der Waals surface area contributed by atoms with E-state index in [-0.39, 0.29) is 0 Å². The minimum absolute atomic E-state index is 0.361. The summed E-state index contributed by atoms with van der Waals surface area (Å²) >= 11 is 0. The van der Waals surface area contributed by atoms with Crippen molar-refractivity contribution in [3.8, 4) is 0 Å². The molecule has 0 spiro atoms. The van der Waals surface area contributed by atoms with Gasteiger partial charge in [-0.1, -0.05) is 39.8 Å². The van der Waals surface area contributed by atoms with Crippen LogP contribution in [0.15, 0.2) is 4.52 Å². The van der Waals surface area contributed by atoms with Gasteiger partial charge in [-0.15, -0.1) is 0 Å². The van der Waals surface area contributed by atoms with Gasteiger partial charge in [0.2, 0.25) is 5.89 Å². The maximum absolute atomic E-state index is 5.42. The van der Waals surface area contributed by atoms with E-state index in [1.54, 1.807) is 0 Å². The van der Waals surface area contributed by atoms with Crippen LogP contribution in [0.2, 0.25) is 0 Å². The van der Waals surface area contributed by atoms with Crippen molar-refractivity contribution in [2.75, 3.05) is 6.54 Å². The predicted molar refractivity (Wildman–Crippen MR) is 76.1 cm³/mol. The first kappa shape index (κ1) is 14.5. The lowest BCUT2D eigenvalue weighted by atomic mass is 10.0. The number of nitrogens with zero attached hydrogens (tertiary/aromatic N) is 2. The molecule has 1 aromatic heterocycles. The van der Waals surface area contributed by atoms with Gasteiger partial charge in [0, 0.05) is 18.4 Å². The Bertz CT molecular complexity index is 411. The standard InChI is InChI=1S/C15H27N3O/c1-6-16-11(7-10(2)3)8-13-17-14(18-19-13)12-9-15(12,4)5/h10-12,16H,6-9H2,1-5H3. The first-order chi connectivity index (χ1) is 8.92. The minimum Gasteiger partial charge on any atom is -0.339 e. The van der Waals surface area contributed by atoms with Crippen molar-refractivity contribution in [3.05, 3.63) is 11.7 Å². The van der Waals surface area contributed by atoms with E-state index in [2.05, 4.69) is 50.1 Å². The van der Waals surface area contributed by atoms with Gasteiger partial charge in [-0.2, -0.15) is 4.98 Å². The maximum Gasteiger partial charge on any atom is 0.228 e. The van der Waals surface area contributed by atoms with Crippen LogP contribution in [0.5, 0.6) is 0 Å². The molecule has 0 radical (unpaired) electrons. The maximum atomic E-state index is 5.42. The van der Waals surface area contributed by atoms with E-state index in [1.807, 2.05) is 0 Å². The van der Waals surface area contributed by atoms with Crippen LogP contribution in [-0.4, -0.2) is 22.7 Å². The van der Waals surface area contributed by atoms with Crippen LogP contribution >= 0.6 is 0 Å². The summed E-state index contributed by atoms with van der Waals surface area (Å²) in [5, 5.41) is 7.66. The lowest BCUT2D eigenvalue weighted by Gasteiger charge is -2.17. The Labute approximate surface area is 116 Å². The van der Waals surface area contributed by atoms with Crippen LogP contribution in [0.1, 0.15) is 65.1 Å². The monoisotopic (exact) mass is 265 g/mol. The van der Waals surface area contributed by atoms with Crippen LogP contribution in [0.3, 0.4) is 0 Å². The van der Waals surface area contributed by atoms with E-state index in [9.17, 15) is 0 Å². The highest BCUT2D eigenvalue weighted by Crippen LogP contribution is 2.57. The van der Waals surface area contributed by atoms with Crippen molar-refractivity contribution in [1.82, 2.24) is 15.5 Å². The summed E-state index contributed by atoms with van der Waals surface area (Å²) in [6.45, 7) is 12.1. The molecule has 1 fully saturated rings. The highest BCUT2D eigenvalue weighted by Gasteiger charge is 2.49. The number of hydrogen-bond acceptors (Lipinski definition) is 4. The first-order valence-electron chi connectivity index (χ1n) is 7.48. The molecule has 2 unspecified atom stereocenters. The molecule has 1 aliphatic rings. The third-order valence-electron chi connectivity index (χ3n) is 3.98. The topological polar surface area (TPSA) is 51.0 Å². The highest BCUT2D eigenvalue weighted by molar-refractivity contribution is 5.14. The lowest BCUT2D eigenvalue weighted by molar-refractivity contribution is 0.337. The summed E-state index contributed by atoms with van der Waals surface area (Å²) in [6, 6.07) is 0.436. The predicted octanol–water partition coefficient (Wildman–Crippen LogP) is 3.15. The van der Waals surface area contributed by atoms with E-state index in [0.717, 1.165) is 31.1 Å². The molecule has 0 saturated heterocycles. The van der Waals surface area contributed by atoms with Crippen molar-refractivity contribution in [2.24, 2.45) is 11.3 Å². The second kappa shape index (κ2) is 5.61. The third-order valence-corrected chi connectivity index (χ3v) is 3.98. The van der Waals surface area contributed by atoms with E-state index in [0.29, 0.717) is 23.3 Å². The summed E-state index contributed by atoms with van der Waals surface area (Å²) in [4.78, 5) is 4.58. The molecular formula is C15H27N3O. The van der Waals surface area contributed by atoms with E-state index < -0.39 is 0 Å². The molecule has 1 N–H and O–H groups in total. The Morgan fingerprint density at radius 2 is 2.11 bits per heavy atom. The lowest BCUT2D eigenvalue weighted by Crippen LogP contribution is -2.32. The fourth-order valence-electron chi connectivity index (χ4n) is 2.71. The highest BCUT2D eigenvalue weighted by atomic mass is 16.5. The molecule has 1 aliphatic carbocycles. The van der Waals surface area contributed by atoms with Gasteiger partial charge >= 0.3 is 0 Å². The summed E-state index contributed by atoms with van der Waals surface area (Å²) in [7, 11) is 0. The van der Waals surface area contributed by atoms with Crippen LogP contribution in [0.4, 0.5) is 0 Å². The zero-order valence-electron chi connectivity index (χ0n) is 12.9. The van der Waals surface area contributed by atoms with Crippen molar-refractivity contribution < 1.29 is 4.52 Å². The van der Waals surface area contributed by atoms with Crippen molar-refractivity contribution >= 4 is 0 Å². The smallest absolute Gasteiger partial charge is 0.228 e. The third kappa shape index (κ3) is 3.78. The molecule has 4 nitrogen and oxygen atoms in total. The fourth-order valence-corrected chi connectivity index (χ4v) is 2.71. The molecule has 0 amide bonds. The summed E-state index contributed by atoms with van der Waals surface area (Å²) in [6.07, 6.45) is 3.15. The van der Waals surface area contributed by atoms with Crippen molar-refractivity contribution in [3.63, 3.8) is 0 Å². The van der Waals surface area contributed by atoms with Crippen molar-refractivity contribution in [2.45, 2.75) is 65.8 Å². The Morgan fingerprint density at radius 3 is 2.63 bits per heavy atom. The number of aromatic nitrogens is 2. The van der Waals surface area contributed by atoms with Gasteiger partial charge in [-0.05, 0) is 30.7 Å². The van der Waals surface area contributed by atoms with E-state index >= 15 is 0 Å². The number of rotatable bonds is 7.